The van der Waals surface area contributed by atoms with Gasteiger partial charge in [0.2, 0.25) is 0 Å². The monoisotopic (exact) mass is 422 g/mol. The van der Waals surface area contributed by atoms with Crippen molar-refractivity contribution in [2.75, 3.05) is 5.32 Å². The van der Waals surface area contributed by atoms with Gasteiger partial charge in [-0.15, -0.1) is 0 Å². The van der Waals surface area contributed by atoms with Crippen molar-refractivity contribution in [1.82, 2.24) is 5.32 Å². The van der Waals surface area contributed by atoms with Crippen LogP contribution in [0.25, 0.3) is 0 Å². The largest absolute Gasteiger partial charge is 0.481 e. The Hall–Kier alpha value is -2.82. The van der Waals surface area contributed by atoms with Crippen LogP contribution in [-0.4, -0.2) is 24.0 Å². The molecule has 166 valence electrons. The number of ether oxygens (including phenoxy) is 1. The zero-order valence-corrected chi connectivity index (χ0v) is 18.9. The topological polar surface area (TPSA) is 67.4 Å². The highest BCUT2D eigenvalue weighted by Crippen LogP contribution is 2.23. The lowest BCUT2D eigenvalue weighted by atomic mass is 9.95. The predicted octanol–water partition coefficient (Wildman–Crippen LogP) is 5.28. The molecule has 1 aliphatic rings. The van der Waals surface area contributed by atoms with E-state index in [0.29, 0.717) is 11.3 Å². The first-order valence-electron chi connectivity index (χ1n) is 11.5. The molecule has 0 heterocycles. The van der Waals surface area contributed by atoms with E-state index in [4.69, 9.17) is 4.74 Å². The molecule has 0 saturated heterocycles. The molecule has 1 saturated carbocycles. The van der Waals surface area contributed by atoms with E-state index in [2.05, 4.69) is 24.5 Å². The number of aryl methyl sites for hydroxylation is 2. The third kappa shape index (κ3) is 6.09. The number of rotatable bonds is 8. The summed E-state index contributed by atoms with van der Waals surface area (Å²) in [6.07, 6.45) is 6.78. The molecule has 1 aliphatic carbocycles. The minimum Gasteiger partial charge on any atom is -0.481 e. The van der Waals surface area contributed by atoms with Gasteiger partial charge in [-0.05, 0) is 68.0 Å². The van der Waals surface area contributed by atoms with Crippen LogP contribution in [0.15, 0.2) is 42.5 Å². The first-order valence-corrected chi connectivity index (χ1v) is 11.5. The Bertz CT molecular complexity index is 864. The Balaban J connectivity index is 1.58. The summed E-state index contributed by atoms with van der Waals surface area (Å²) in [7, 11) is 0. The third-order valence-corrected chi connectivity index (χ3v) is 5.99. The molecule has 0 aliphatic heterocycles. The zero-order valence-electron chi connectivity index (χ0n) is 18.9. The van der Waals surface area contributed by atoms with Gasteiger partial charge in [-0.25, -0.2) is 0 Å². The molecule has 0 aromatic heterocycles. The van der Waals surface area contributed by atoms with Gasteiger partial charge in [0.15, 0.2) is 6.10 Å². The second-order valence-electron chi connectivity index (χ2n) is 8.24. The predicted molar refractivity (Wildman–Crippen MR) is 125 cm³/mol. The van der Waals surface area contributed by atoms with Gasteiger partial charge >= 0.3 is 0 Å². The summed E-state index contributed by atoms with van der Waals surface area (Å²) >= 11 is 0. The maximum absolute atomic E-state index is 12.7. The molecule has 2 aromatic carbocycles. The van der Waals surface area contributed by atoms with Crippen molar-refractivity contribution in [3.63, 3.8) is 0 Å². The van der Waals surface area contributed by atoms with Gasteiger partial charge in [0, 0.05) is 17.3 Å². The normalized spacial score (nSPS) is 15.2. The number of hydrogen-bond donors (Lipinski definition) is 2. The van der Waals surface area contributed by atoms with Gasteiger partial charge < -0.3 is 15.4 Å². The summed E-state index contributed by atoms with van der Waals surface area (Å²) in [4.78, 5) is 25.2. The molecule has 0 radical (unpaired) electrons. The molecule has 2 amide bonds. The second-order valence-corrected chi connectivity index (χ2v) is 8.24. The average Bonchev–Trinajstić information content (AvgIpc) is 2.80. The maximum atomic E-state index is 12.7. The summed E-state index contributed by atoms with van der Waals surface area (Å²) < 4.78 is 5.84. The molecule has 1 unspecified atom stereocenters. The third-order valence-electron chi connectivity index (χ3n) is 5.99. The summed E-state index contributed by atoms with van der Waals surface area (Å²) in [5.41, 5.74) is 3.74. The number of anilines is 1. The number of benzene rings is 2. The maximum Gasteiger partial charge on any atom is 0.265 e. The standard InChI is InChI=1S/C26H34N2O3/c1-4-19-10-9-11-20(5-2)24(19)28-25(29)18(3)31-23-16-14-21(15-17-23)26(30)27-22-12-7-6-8-13-22/h9-11,14-18,22H,4-8,12-13H2,1-3H3,(H,27,30)(H,28,29). The molecule has 0 bridgehead atoms. The molecule has 0 spiro atoms. The van der Waals surface area contributed by atoms with Crippen LogP contribution >= 0.6 is 0 Å². The lowest BCUT2D eigenvalue weighted by Gasteiger charge is -2.22. The molecule has 5 nitrogen and oxygen atoms in total. The number of nitrogens with one attached hydrogen (secondary N) is 2. The van der Waals surface area contributed by atoms with E-state index in [1.165, 1.54) is 19.3 Å². The Morgan fingerprint density at radius 2 is 1.58 bits per heavy atom. The Labute approximate surface area is 185 Å². The van der Waals surface area contributed by atoms with E-state index in [0.717, 1.165) is 42.5 Å². The van der Waals surface area contributed by atoms with Gasteiger partial charge in [0.1, 0.15) is 5.75 Å². The summed E-state index contributed by atoms with van der Waals surface area (Å²) in [5, 5.41) is 6.17. The first-order chi connectivity index (χ1) is 15.0. The lowest BCUT2D eigenvalue weighted by molar-refractivity contribution is -0.122. The molecule has 2 aromatic rings. The smallest absolute Gasteiger partial charge is 0.265 e. The fourth-order valence-corrected chi connectivity index (χ4v) is 4.09. The van der Waals surface area contributed by atoms with Crippen LogP contribution in [0.1, 0.15) is 74.4 Å². The van der Waals surface area contributed by atoms with Crippen LogP contribution < -0.4 is 15.4 Å². The molecule has 1 fully saturated rings. The Morgan fingerprint density at radius 3 is 2.16 bits per heavy atom. The SMILES string of the molecule is CCc1cccc(CC)c1NC(=O)C(C)Oc1ccc(C(=O)NC2CCCCC2)cc1. The van der Waals surface area contributed by atoms with Crippen molar-refractivity contribution in [3.05, 3.63) is 59.2 Å². The first kappa shape index (κ1) is 22.9. The van der Waals surface area contributed by atoms with Crippen molar-refractivity contribution < 1.29 is 14.3 Å². The molecule has 1 atom stereocenters. The Morgan fingerprint density at radius 1 is 0.968 bits per heavy atom. The van der Waals surface area contributed by atoms with Crippen LogP contribution in [0.5, 0.6) is 5.75 Å². The van der Waals surface area contributed by atoms with Crippen molar-refractivity contribution in [1.29, 1.82) is 0 Å². The van der Waals surface area contributed by atoms with Crippen LogP contribution in [0.4, 0.5) is 5.69 Å². The van der Waals surface area contributed by atoms with Crippen LogP contribution in [0, 0.1) is 0 Å². The van der Waals surface area contributed by atoms with E-state index in [-0.39, 0.29) is 17.9 Å². The zero-order chi connectivity index (χ0) is 22.2. The van der Waals surface area contributed by atoms with Gasteiger partial charge in [0.25, 0.3) is 11.8 Å². The van der Waals surface area contributed by atoms with Gasteiger partial charge in [-0.2, -0.15) is 0 Å². The van der Waals surface area contributed by atoms with Crippen molar-refractivity contribution in [2.45, 2.75) is 77.9 Å². The van der Waals surface area contributed by atoms with Crippen LogP contribution in [0.3, 0.4) is 0 Å². The van der Waals surface area contributed by atoms with Crippen molar-refractivity contribution >= 4 is 17.5 Å². The molecular weight excluding hydrogens is 388 g/mol. The van der Waals surface area contributed by atoms with E-state index in [9.17, 15) is 9.59 Å². The summed E-state index contributed by atoms with van der Waals surface area (Å²) in [5.74, 6) is 0.332. The van der Waals surface area contributed by atoms with E-state index in [1.807, 2.05) is 18.2 Å². The molecule has 5 heteroatoms. The highest BCUT2D eigenvalue weighted by molar-refractivity contribution is 5.96. The van der Waals surface area contributed by atoms with Crippen LogP contribution in [0.2, 0.25) is 0 Å². The van der Waals surface area contributed by atoms with Crippen LogP contribution in [-0.2, 0) is 17.6 Å². The minimum absolute atomic E-state index is 0.0486. The number of carbonyl (C=O) groups excluding carboxylic acids is 2. The lowest BCUT2D eigenvalue weighted by Crippen LogP contribution is -2.36. The van der Waals surface area contributed by atoms with Gasteiger partial charge in [-0.1, -0.05) is 51.3 Å². The molecule has 31 heavy (non-hydrogen) atoms. The fraction of sp³-hybridized carbons (Fsp3) is 0.462. The molecular formula is C26H34N2O3. The number of carbonyl (C=O) groups is 2. The highest BCUT2D eigenvalue weighted by atomic mass is 16.5. The van der Waals surface area contributed by atoms with E-state index >= 15 is 0 Å². The highest BCUT2D eigenvalue weighted by Gasteiger charge is 2.19. The van der Waals surface area contributed by atoms with Crippen molar-refractivity contribution in [2.24, 2.45) is 0 Å². The average molecular weight is 423 g/mol. The molecule has 3 rings (SSSR count). The fourth-order valence-electron chi connectivity index (χ4n) is 4.09. The van der Waals surface area contributed by atoms with E-state index in [1.54, 1.807) is 31.2 Å². The summed E-state index contributed by atoms with van der Waals surface area (Å²) in [6.45, 7) is 5.89. The Kier molecular flexibility index (Phi) is 8.10. The number of para-hydroxylation sites is 1. The van der Waals surface area contributed by atoms with Gasteiger partial charge in [-0.3, -0.25) is 9.59 Å². The molecule has 2 N–H and O–H groups in total. The van der Waals surface area contributed by atoms with Crippen molar-refractivity contribution in [3.8, 4) is 5.75 Å². The quantitative estimate of drug-likeness (QED) is 0.608. The second kappa shape index (κ2) is 11.0. The van der Waals surface area contributed by atoms with Gasteiger partial charge in [0.05, 0.1) is 0 Å². The number of amides is 2. The minimum atomic E-state index is -0.656. The van der Waals surface area contributed by atoms with E-state index < -0.39 is 6.10 Å². The summed E-state index contributed by atoms with van der Waals surface area (Å²) in [6, 6.07) is 13.4. The number of hydrogen-bond acceptors (Lipinski definition) is 3.